The molecule has 0 radical (unpaired) electrons. The van der Waals surface area contributed by atoms with Crippen molar-refractivity contribution in [2.75, 3.05) is 16.8 Å². The number of nitrogens with zero attached hydrogens (tertiary/aromatic N) is 2. The van der Waals surface area contributed by atoms with Gasteiger partial charge in [0.25, 0.3) is 0 Å². The lowest BCUT2D eigenvalue weighted by molar-refractivity contribution is -0.133. The monoisotopic (exact) mass is 381 g/mol. The number of anilines is 2. The maximum Gasteiger partial charge on any atom is 0.243 e. The van der Waals surface area contributed by atoms with Crippen molar-refractivity contribution >= 4 is 29.1 Å². The highest BCUT2D eigenvalue weighted by Crippen LogP contribution is 2.19. The third-order valence-corrected chi connectivity index (χ3v) is 4.31. The van der Waals surface area contributed by atoms with Gasteiger partial charge in [-0.2, -0.15) is 0 Å². The summed E-state index contributed by atoms with van der Waals surface area (Å²) < 4.78 is 0. The van der Waals surface area contributed by atoms with E-state index in [1.165, 1.54) is 18.7 Å². The predicted molar refractivity (Wildman–Crippen MR) is 111 cm³/mol. The van der Waals surface area contributed by atoms with Gasteiger partial charge in [-0.15, -0.1) is 0 Å². The molecule has 0 saturated carbocycles. The summed E-state index contributed by atoms with van der Waals surface area (Å²) in [7, 11) is 0. The Balaban J connectivity index is 2.16. The molecule has 0 aliphatic heterocycles. The van der Waals surface area contributed by atoms with E-state index in [1.54, 1.807) is 29.2 Å². The smallest absolute Gasteiger partial charge is 0.243 e. The first kappa shape index (κ1) is 21.2. The van der Waals surface area contributed by atoms with E-state index in [0.717, 1.165) is 5.56 Å². The van der Waals surface area contributed by atoms with Gasteiger partial charge in [-0.3, -0.25) is 14.4 Å². The number of hydrogen-bond donors (Lipinski definition) is 1. The van der Waals surface area contributed by atoms with Gasteiger partial charge in [0.15, 0.2) is 0 Å². The van der Waals surface area contributed by atoms with Gasteiger partial charge in [0.1, 0.15) is 6.54 Å². The lowest BCUT2D eigenvalue weighted by atomic mass is 10.2. The Hall–Kier alpha value is -3.15. The minimum atomic E-state index is -0.218. The van der Waals surface area contributed by atoms with Crippen molar-refractivity contribution in [1.29, 1.82) is 0 Å². The summed E-state index contributed by atoms with van der Waals surface area (Å²) in [5, 5.41) is 2.68. The third kappa shape index (κ3) is 5.94. The quantitative estimate of drug-likeness (QED) is 0.799. The summed E-state index contributed by atoms with van der Waals surface area (Å²) >= 11 is 0. The fourth-order valence-electron chi connectivity index (χ4n) is 2.88. The molecule has 0 bridgehead atoms. The summed E-state index contributed by atoms with van der Waals surface area (Å²) in [6.45, 7) is 7.24. The van der Waals surface area contributed by atoms with Crippen LogP contribution in [0.25, 0.3) is 0 Å². The minimum absolute atomic E-state index is 0.00339. The second kappa shape index (κ2) is 9.69. The molecule has 0 saturated heterocycles. The van der Waals surface area contributed by atoms with E-state index < -0.39 is 0 Å². The van der Waals surface area contributed by atoms with Crippen LogP contribution in [-0.4, -0.2) is 35.2 Å². The molecule has 1 N–H and O–H groups in total. The molecule has 6 heteroatoms. The Morgan fingerprint density at radius 1 is 0.929 bits per heavy atom. The highest BCUT2D eigenvalue weighted by atomic mass is 16.2. The van der Waals surface area contributed by atoms with E-state index in [4.69, 9.17) is 0 Å². The lowest BCUT2D eigenvalue weighted by Crippen LogP contribution is -2.44. The second-order valence-corrected chi connectivity index (χ2v) is 6.93. The third-order valence-electron chi connectivity index (χ3n) is 4.31. The molecule has 28 heavy (non-hydrogen) atoms. The van der Waals surface area contributed by atoms with Crippen LogP contribution < -0.4 is 10.2 Å². The number of nitrogens with one attached hydrogen (secondary N) is 1. The van der Waals surface area contributed by atoms with Crippen LogP contribution in [0, 0.1) is 0 Å². The van der Waals surface area contributed by atoms with E-state index in [9.17, 15) is 14.4 Å². The normalized spacial score (nSPS) is 10.5. The summed E-state index contributed by atoms with van der Waals surface area (Å²) in [4.78, 5) is 39.5. The zero-order valence-corrected chi connectivity index (χ0v) is 16.8. The summed E-state index contributed by atoms with van der Waals surface area (Å²) in [6.07, 6.45) is 0. The molecule has 2 aromatic rings. The molecule has 0 aliphatic rings. The van der Waals surface area contributed by atoms with Crippen molar-refractivity contribution in [1.82, 2.24) is 4.90 Å². The summed E-state index contributed by atoms with van der Waals surface area (Å²) in [5.41, 5.74) is 2.29. The van der Waals surface area contributed by atoms with Crippen LogP contribution in [0.2, 0.25) is 0 Å². The van der Waals surface area contributed by atoms with Gasteiger partial charge in [0, 0.05) is 37.8 Å². The van der Waals surface area contributed by atoms with E-state index in [2.05, 4.69) is 5.32 Å². The Morgan fingerprint density at radius 2 is 1.54 bits per heavy atom. The zero-order chi connectivity index (χ0) is 20.7. The van der Waals surface area contributed by atoms with Crippen molar-refractivity contribution in [3.63, 3.8) is 0 Å². The molecule has 0 spiro atoms. The molecule has 148 valence electrons. The van der Waals surface area contributed by atoms with Crippen molar-refractivity contribution in [2.24, 2.45) is 0 Å². The van der Waals surface area contributed by atoms with Crippen LogP contribution in [0.5, 0.6) is 0 Å². The predicted octanol–water partition coefficient (Wildman–Crippen LogP) is 3.44. The van der Waals surface area contributed by atoms with Crippen LogP contribution in [0.4, 0.5) is 11.4 Å². The first-order chi connectivity index (χ1) is 13.3. The average molecular weight is 381 g/mol. The molecule has 0 fully saturated rings. The molecular formula is C22H27N3O3. The molecular weight excluding hydrogens is 354 g/mol. The maximum absolute atomic E-state index is 13.0. The standard InChI is InChI=1S/C22H27N3O3/c1-16(2)24(14-19-8-6-5-7-9-19)22(28)15-25(18(4)27)21-12-10-20(11-13-21)23-17(3)26/h5-13,16H,14-15H2,1-4H3,(H,23,26). The molecule has 0 unspecified atom stereocenters. The number of carbonyl (C=O) groups excluding carboxylic acids is 3. The number of amides is 3. The molecule has 6 nitrogen and oxygen atoms in total. The van der Waals surface area contributed by atoms with E-state index in [0.29, 0.717) is 17.9 Å². The van der Waals surface area contributed by atoms with Crippen molar-refractivity contribution in [2.45, 2.75) is 40.3 Å². The van der Waals surface area contributed by atoms with Gasteiger partial charge >= 0.3 is 0 Å². The first-order valence-electron chi connectivity index (χ1n) is 9.27. The fourth-order valence-corrected chi connectivity index (χ4v) is 2.88. The van der Waals surface area contributed by atoms with Gasteiger partial charge in [0.2, 0.25) is 17.7 Å². The lowest BCUT2D eigenvalue weighted by Gasteiger charge is -2.30. The Morgan fingerprint density at radius 3 is 2.04 bits per heavy atom. The molecule has 0 atom stereocenters. The Bertz CT molecular complexity index is 817. The van der Waals surface area contributed by atoms with Gasteiger partial charge in [0.05, 0.1) is 0 Å². The first-order valence-corrected chi connectivity index (χ1v) is 9.27. The average Bonchev–Trinajstić information content (AvgIpc) is 2.64. The maximum atomic E-state index is 13.0. The zero-order valence-electron chi connectivity index (χ0n) is 16.8. The van der Waals surface area contributed by atoms with Crippen molar-refractivity contribution < 1.29 is 14.4 Å². The minimum Gasteiger partial charge on any atom is -0.334 e. The highest BCUT2D eigenvalue weighted by Gasteiger charge is 2.22. The Labute approximate surface area is 166 Å². The van der Waals surface area contributed by atoms with Gasteiger partial charge in [-0.05, 0) is 43.7 Å². The fraction of sp³-hybridized carbons (Fsp3) is 0.318. The molecule has 0 heterocycles. The van der Waals surface area contributed by atoms with E-state index >= 15 is 0 Å². The van der Waals surface area contributed by atoms with Gasteiger partial charge in [-0.1, -0.05) is 30.3 Å². The molecule has 2 rings (SSSR count). The van der Waals surface area contributed by atoms with Gasteiger partial charge in [-0.25, -0.2) is 0 Å². The van der Waals surface area contributed by atoms with Crippen LogP contribution in [0.3, 0.4) is 0 Å². The molecule has 2 aromatic carbocycles. The molecule has 3 amide bonds. The Kier molecular flexibility index (Phi) is 7.32. The largest absolute Gasteiger partial charge is 0.334 e. The van der Waals surface area contributed by atoms with Crippen LogP contribution >= 0.6 is 0 Å². The van der Waals surface area contributed by atoms with Crippen LogP contribution in [-0.2, 0) is 20.9 Å². The van der Waals surface area contributed by atoms with Crippen molar-refractivity contribution in [3.8, 4) is 0 Å². The number of rotatable bonds is 7. The number of benzene rings is 2. The SMILES string of the molecule is CC(=O)Nc1ccc(N(CC(=O)N(Cc2ccccc2)C(C)C)C(C)=O)cc1. The highest BCUT2D eigenvalue weighted by molar-refractivity contribution is 5.98. The summed E-state index contributed by atoms with van der Waals surface area (Å²) in [5.74, 6) is -0.510. The topological polar surface area (TPSA) is 69.7 Å². The summed E-state index contributed by atoms with van der Waals surface area (Å²) in [6, 6.07) is 16.6. The van der Waals surface area contributed by atoms with Gasteiger partial charge < -0.3 is 15.1 Å². The van der Waals surface area contributed by atoms with Crippen LogP contribution in [0.1, 0.15) is 33.3 Å². The number of hydrogen-bond acceptors (Lipinski definition) is 3. The second-order valence-electron chi connectivity index (χ2n) is 6.93. The van der Waals surface area contributed by atoms with E-state index in [1.807, 2.05) is 44.2 Å². The molecule has 0 aliphatic carbocycles. The van der Waals surface area contributed by atoms with Crippen molar-refractivity contribution in [3.05, 3.63) is 60.2 Å². The molecule has 0 aromatic heterocycles. The number of carbonyl (C=O) groups is 3. The van der Waals surface area contributed by atoms with E-state index in [-0.39, 0.29) is 30.3 Å². The van der Waals surface area contributed by atoms with Crippen LogP contribution in [0.15, 0.2) is 54.6 Å².